The van der Waals surface area contributed by atoms with Crippen molar-refractivity contribution in [2.75, 3.05) is 33.2 Å². The maximum absolute atomic E-state index is 13.5. The molecule has 0 unspecified atom stereocenters. The number of piperazine rings is 1. The summed E-state index contributed by atoms with van der Waals surface area (Å²) in [5.41, 5.74) is 11.4. The third-order valence-corrected chi connectivity index (χ3v) is 7.05. The lowest BCUT2D eigenvalue weighted by atomic mass is 9.94. The number of nitrogens with two attached hydrogens (primary N) is 1. The van der Waals surface area contributed by atoms with E-state index in [4.69, 9.17) is 5.73 Å². The molecule has 36 heavy (non-hydrogen) atoms. The normalized spacial score (nSPS) is 17.6. The van der Waals surface area contributed by atoms with Crippen LogP contribution in [0.1, 0.15) is 31.8 Å². The number of carbonyl (C=O) groups excluding carboxylic acids is 2. The topological polar surface area (TPSA) is 85.1 Å². The molecule has 0 bridgehead atoms. The van der Waals surface area contributed by atoms with E-state index in [-0.39, 0.29) is 17.4 Å². The minimum absolute atomic E-state index is 0.00479. The van der Waals surface area contributed by atoms with Crippen molar-refractivity contribution in [1.29, 1.82) is 0 Å². The summed E-state index contributed by atoms with van der Waals surface area (Å²) >= 11 is 0. The van der Waals surface area contributed by atoms with Gasteiger partial charge in [0.1, 0.15) is 0 Å². The van der Waals surface area contributed by atoms with Gasteiger partial charge in [-0.15, -0.1) is 8.78 Å². The summed E-state index contributed by atoms with van der Waals surface area (Å²) in [7, 11) is 2.04. The predicted molar refractivity (Wildman–Crippen MR) is 128 cm³/mol. The van der Waals surface area contributed by atoms with Gasteiger partial charge in [-0.3, -0.25) is 9.59 Å². The van der Waals surface area contributed by atoms with Crippen LogP contribution in [0.25, 0.3) is 22.3 Å². The molecule has 0 aromatic heterocycles. The van der Waals surface area contributed by atoms with Crippen LogP contribution in [0.2, 0.25) is 0 Å². The van der Waals surface area contributed by atoms with E-state index in [9.17, 15) is 18.4 Å². The van der Waals surface area contributed by atoms with E-state index in [1.54, 1.807) is 12.1 Å². The summed E-state index contributed by atoms with van der Waals surface area (Å²) in [4.78, 5) is 29.5. The number of carbonyl (C=O) groups is 2. The highest BCUT2D eigenvalue weighted by Crippen LogP contribution is 2.45. The molecule has 0 radical (unpaired) electrons. The first-order valence-electron chi connectivity index (χ1n) is 11.7. The van der Waals surface area contributed by atoms with E-state index < -0.39 is 12.2 Å². The molecule has 2 aliphatic heterocycles. The van der Waals surface area contributed by atoms with Crippen molar-refractivity contribution < 1.29 is 27.8 Å². The van der Waals surface area contributed by atoms with Crippen LogP contribution in [0.15, 0.2) is 48.5 Å². The molecule has 3 aromatic carbocycles. The molecule has 7 nitrogen and oxygen atoms in total. The number of ether oxygens (including phenoxy) is 2. The van der Waals surface area contributed by atoms with Crippen LogP contribution in [0.4, 0.5) is 8.78 Å². The van der Waals surface area contributed by atoms with Gasteiger partial charge in [-0.2, -0.15) is 0 Å². The van der Waals surface area contributed by atoms with Gasteiger partial charge in [-0.25, -0.2) is 0 Å². The fourth-order valence-corrected chi connectivity index (χ4v) is 5.14. The first-order valence-corrected chi connectivity index (χ1v) is 11.7. The highest BCUT2D eigenvalue weighted by molar-refractivity contribution is 6.01. The smallest absolute Gasteiger partial charge is 0.395 e. The molecule has 3 aliphatic rings. The Morgan fingerprint density at radius 3 is 2.39 bits per heavy atom. The molecule has 2 amide bonds. The molecule has 2 N–H and O–H groups in total. The van der Waals surface area contributed by atoms with Gasteiger partial charge in [-0.1, -0.05) is 12.1 Å². The summed E-state index contributed by atoms with van der Waals surface area (Å²) in [6.07, 6.45) is -3.24. The second-order valence-electron chi connectivity index (χ2n) is 9.39. The molecule has 0 saturated carbocycles. The van der Waals surface area contributed by atoms with Crippen molar-refractivity contribution in [2.45, 2.75) is 12.7 Å². The average molecular weight is 491 g/mol. The largest absolute Gasteiger partial charge is 0.586 e. The van der Waals surface area contributed by atoms with Gasteiger partial charge < -0.3 is 25.0 Å². The molecule has 3 aromatic rings. The van der Waals surface area contributed by atoms with Crippen molar-refractivity contribution in [2.24, 2.45) is 5.73 Å². The lowest BCUT2D eigenvalue weighted by molar-refractivity contribution is -0.286. The molecule has 9 heteroatoms. The Morgan fingerprint density at radius 1 is 0.889 bits per heavy atom. The standard InChI is InChI=1S/C27H23F2N3O4/c1-31-6-8-32(9-7-31)26(34)16-2-4-19-18(10-16)13-21-20(19)11-17(12-22(21)25(30)33)15-3-5-23-24(14-15)36-27(28,29)35-23/h2-5,10-12,14H,6-9,13H2,1H3,(H2,30,33). The molecule has 1 fully saturated rings. The Balaban J connectivity index is 1.37. The van der Waals surface area contributed by atoms with E-state index in [0.717, 1.165) is 35.3 Å². The van der Waals surface area contributed by atoms with Gasteiger partial charge in [0, 0.05) is 37.3 Å². The van der Waals surface area contributed by atoms with E-state index >= 15 is 0 Å². The van der Waals surface area contributed by atoms with Gasteiger partial charge in [0.15, 0.2) is 11.5 Å². The predicted octanol–water partition coefficient (Wildman–Crippen LogP) is 3.73. The van der Waals surface area contributed by atoms with Crippen molar-refractivity contribution in [3.05, 3.63) is 70.8 Å². The maximum atomic E-state index is 13.5. The second-order valence-corrected chi connectivity index (χ2v) is 9.39. The van der Waals surface area contributed by atoms with E-state index in [1.165, 1.54) is 12.1 Å². The Kier molecular flexibility index (Phi) is 5.01. The van der Waals surface area contributed by atoms with Crippen LogP contribution in [0.3, 0.4) is 0 Å². The first-order chi connectivity index (χ1) is 17.2. The van der Waals surface area contributed by atoms with Crippen LogP contribution in [-0.4, -0.2) is 61.1 Å². The van der Waals surface area contributed by atoms with E-state index in [0.29, 0.717) is 41.8 Å². The van der Waals surface area contributed by atoms with Gasteiger partial charge >= 0.3 is 6.29 Å². The number of nitrogens with zero attached hydrogens (tertiary/aromatic N) is 2. The second kappa shape index (κ2) is 8.03. The molecule has 0 atom stereocenters. The lowest BCUT2D eigenvalue weighted by Gasteiger charge is -2.32. The van der Waals surface area contributed by atoms with Crippen LogP contribution >= 0.6 is 0 Å². The SMILES string of the molecule is CN1CCN(C(=O)c2ccc3c(c2)Cc2c(C(N)=O)cc(-c4ccc5c(c4)OC(F)(F)O5)cc2-3)CC1. The van der Waals surface area contributed by atoms with Crippen LogP contribution in [0.5, 0.6) is 11.5 Å². The van der Waals surface area contributed by atoms with Gasteiger partial charge in [0.25, 0.3) is 5.91 Å². The number of benzene rings is 3. The number of likely N-dealkylation sites (N-methyl/N-ethyl adjacent to an activating group) is 1. The zero-order chi connectivity index (χ0) is 25.2. The third-order valence-electron chi connectivity index (χ3n) is 7.05. The average Bonchev–Trinajstić information content (AvgIpc) is 3.37. The number of primary amides is 1. The van der Waals surface area contributed by atoms with Crippen molar-refractivity contribution in [3.8, 4) is 33.8 Å². The van der Waals surface area contributed by atoms with E-state index in [2.05, 4.69) is 14.4 Å². The monoisotopic (exact) mass is 491 g/mol. The summed E-state index contributed by atoms with van der Waals surface area (Å²) in [5.74, 6) is -0.717. The van der Waals surface area contributed by atoms with Crippen molar-refractivity contribution >= 4 is 11.8 Å². The lowest BCUT2D eigenvalue weighted by Crippen LogP contribution is -2.47. The molecular formula is C27H23F2N3O4. The van der Waals surface area contributed by atoms with Crippen LogP contribution in [0, 0.1) is 0 Å². The zero-order valence-corrected chi connectivity index (χ0v) is 19.5. The Hall–Kier alpha value is -3.98. The fraction of sp³-hybridized carbons (Fsp3) is 0.259. The van der Waals surface area contributed by atoms with Crippen LogP contribution < -0.4 is 15.2 Å². The number of rotatable bonds is 3. The van der Waals surface area contributed by atoms with Crippen molar-refractivity contribution in [3.63, 3.8) is 0 Å². The molecule has 6 rings (SSSR count). The first kappa shape index (κ1) is 22.5. The molecule has 0 spiro atoms. The highest BCUT2D eigenvalue weighted by Gasteiger charge is 2.43. The molecule has 1 saturated heterocycles. The number of hydrogen-bond donors (Lipinski definition) is 1. The Bertz CT molecular complexity index is 1430. The van der Waals surface area contributed by atoms with Gasteiger partial charge in [-0.05, 0) is 83.2 Å². The van der Waals surface area contributed by atoms with Crippen molar-refractivity contribution in [1.82, 2.24) is 9.80 Å². The number of amides is 2. The van der Waals surface area contributed by atoms with Crippen LogP contribution in [-0.2, 0) is 6.42 Å². The Morgan fingerprint density at radius 2 is 1.64 bits per heavy atom. The minimum Gasteiger partial charge on any atom is -0.395 e. The molecule has 2 heterocycles. The molecule has 1 aliphatic carbocycles. The number of halogens is 2. The van der Waals surface area contributed by atoms with Gasteiger partial charge in [0.2, 0.25) is 5.91 Å². The zero-order valence-electron chi connectivity index (χ0n) is 19.5. The summed E-state index contributed by atoms with van der Waals surface area (Å²) < 4.78 is 36.0. The quantitative estimate of drug-likeness (QED) is 0.472. The third kappa shape index (κ3) is 3.76. The molecular weight excluding hydrogens is 468 g/mol. The number of hydrogen-bond acceptors (Lipinski definition) is 5. The number of fused-ring (bicyclic) bond motifs is 4. The van der Waals surface area contributed by atoms with E-state index in [1.807, 2.05) is 36.2 Å². The summed E-state index contributed by atoms with van der Waals surface area (Å²) in [6, 6.07) is 13.7. The Labute approximate surface area is 206 Å². The summed E-state index contributed by atoms with van der Waals surface area (Å²) in [5, 5.41) is 0. The number of alkyl halides is 2. The molecule has 184 valence electrons. The maximum Gasteiger partial charge on any atom is 0.586 e. The minimum atomic E-state index is -3.71. The van der Waals surface area contributed by atoms with Gasteiger partial charge in [0.05, 0.1) is 0 Å². The fourth-order valence-electron chi connectivity index (χ4n) is 5.14. The summed E-state index contributed by atoms with van der Waals surface area (Å²) in [6.45, 7) is 3.04. The highest BCUT2D eigenvalue weighted by atomic mass is 19.3.